The highest BCUT2D eigenvalue weighted by Gasteiger charge is 2.31. The molecule has 0 spiro atoms. The molecule has 0 saturated heterocycles. The van der Waals surface area contributed by atoms with Crippen LogP contribution in [0.3, 0.4) is 0 Å². The second-order valence-electron chi connectivity index (χ2n) is 8.02. The lowest BCUT2D eigenvalue weighted by Crippen LogP contribution is -2.33. The van der Waals surface area contributed by atoms with Crippen molar-refractivity contribution in [2.45, 2.75) is 46.7 Å². The molecule has 4 rings (SSSR count). The maximum absolute atomic E-state index is 6.43. The molecule has 0 bridgehead atoms. The van der Waals surface area contributed by atoms with Crippen LogP contribution in [0, 0.1) is 5.41 Å². The summed E-state index contributed by atoms with van der Waals surface area (Å²) in [4.78, 5) is 7.00. The zero-order valence-electron chi connectivity index (χ0n) is 16.0. The standard InChI is InChI=1S/C20H25ClN6/c1-4-18-23-19(25-24-18)12-26-11-14-10-22-27(16-8-6-5-7-15(16)21)17(14)9-20(2,3)13-26/h5-8,10H,4,9,11-13H2,1-3H3,(H,23,24,25). The van der Waals surface area contributed by atoms with Gasteiger partial charge in [-0.25, -0.2) is 9.67 Å². The fourth-order valence-electron chi connectivity index (χ4n) is 3.86. The molecule has 0 radical (unpaired) electrons. The number of rotatable bonds is 4. The molecule has 6 nitrogen and oxygen atoms in total. The topological polar surface area (TPSA) is 62.6 Å². The van der Waals surface area contributed by atoms with E-state index in [2.05, 4.69) is 46.0 Å². The number of H-pyrrole nitrogens is 1. The Morgan fingerprint density at radius 3 is 2.81 bits per heavy atom. The zero-order valence-corrected chi connectivity index (χ0v) is 16.8. The molecule has 0 atom stereocenters. The van der Waals surface area contributed by atoms with Gasteiger partial charge in [-0.2, -0.15) is 10.2 Å². The molecule has 2 aromatic heterocycles. The molecule has 142 valence electrons. The van der Waals surface area contributed by atoms with Gasteiger partial charge in [0.25, 0.3) is 0 Å². The monoisotopic (exact) mass is 384 g/mol. The van der Waals surface area contributed by atoms with Crippen LogP contribution in [0.2, 0.25) is 5.02 Å². The number of hydrogen-bond acceptors (Lipinski definition) is 4. The minimum absolute atomic E-state index is 0.109. The van der Waals surface area contributed by atoms with E-state index < -0.39 is 0 Å². The van der Waals surface area contributed by atoms with Gasteiger partial charge in [-0.3, -0.25) is 10.00 Å². The Bertz CT molecular complexity index is 942. The van der Waals surface area contributed by atoms with Gasteiger partial charge in [0.15, 0.2) is 0 Å². The van der Waals surface area contributed by atoms with E-state index in [1.807, 2.05) is 35.1 Å². The van der Waals surface area contributed by atoms with E-state index in [-0.39, 0.29) is 5.41 Å². The fourth-order valence-corrected chi connectivity index (χ4v) is 4.07. The number of hydrogen-bond donors (Lipinski definition) is 1. The van der Waals surface area contributed by atoms with E-state index in [1.165, 1.54) is 11.3 Å². The summed E-state index contributed by atoms with van der Waals surface area (Å²) in [5, 5.41) is 12.7. The quantitative estimate of drug-likeness (QED) is 0.743. The van der Waals surface area contributed by atoms with Crippen LogP contribution < -0.4 is 0 Å². The van der Waals surface area contributed by atoms with Crippen LogP contribution >= 0.6 is 11.6 Å². The third-order valence-corrected chi connectivity index (χ3v) is 5.31. The highest BCUT2D eigenvalue weighted by Crippen LogP contribution is 2.33. The smallest absolute Gasteiger partial charge is 0.150 e. The normalized spacial score (nSPS) is 16.9. The third kappa shape index (κ3) is 3.77. The van der Waals surface area contributed by atoms with Crippen LogP contribution in [0.15, 0.2) is 30.5 Å². The Labute approximate surface area is 164 Å². The average Bonchev–Trinajstić information content (AvgIpc) is 3.19. The minimum Gasteiger partial charge on any atom is -0.291 e. The van der Waals surface area contributed by atoms with E-state index in [1.54, 1.807) is 0 Å². The van der Waals surface area contributed by atoms with Gasteiger partial charge >= 0.3 is 0 Å². The first-order chi connectivity index (χ1) is 12.9. The van der Waals surface area contributed by atoms with E-state index in [4.69, 9.17) is 11.6 Å². The van der Waals surface area contributed by atoms with Crippen LogP contribution in [-0.2, 0) is 25.9 Å². The first-order valence-corrected chi connectivity index (χ1v) is 9.76. The number of halogens is 1. The summed E-state index contributed by atoms with van der Waals surface area (Å²) < 4.78 is 2.01. The number of aryl methyl sites for hydroxylation is 1. The highest BCUT2D eigenvalue weighted by molar-refractivity contribution is 6.32. The van der Waals surface area contributed by atoms with Crippen molar-refractivity contribution < 1.29 is 0 Å². The zero-order chi connectivity index (χ0) is 19.0. The summed E-state index contributed by atoms with van der Waals surface area (Å²) in [6.45, 7) is 9.25. The molecule has 1 aliphatic heterocycles. The second-order valence-corrected chi connectivity index (χ2v) is 8.42. The van der Waals surface area contributed by atoms with Gasteiger partial charge in [-0.05, 0) is 24.0 Å². The molecular formula is C20H25ClN6. The predicted octanol–water partition coefficient (Wildman–Crippen LogP) is 3.79. The summed E-state index contributed by atoms with van der Waals surface area (Å²) in [5.74, 6) is 1.79. The number of para-hydroxylation sites is 1. The number of nitrogens with zero attached hydrogens (tertiary/aromatic N) is 5. The summed E-state index contributed by atoms with van der Waals surface area (Å²) in [5.41, 5.74) is 3.53. The van der Waals surface area contributed by atoms with Crippen molar-refractivity contribution >= 4 is 11.6 Å². The molecule has 3 heterocycles. The molecular weight excluding hydrogens is 360 g/mol. The number of aromatic amines is 1. The number of fused-ring (bicyclic) bond motifs is 1. The van der Waals surface area contributed by atoms with Gasteiger partial charge in [-0.15, -0.1) is 0 Å². The van der Waals surface area contributed by atoms with Crippen molar-refractivity contribution in [3.8, 4) is 5.69 Å². The van der Waals surface area contributed by atoms with Gasteiger partial charge in [0, 0.05) is 30.8 Å². The minimum atomic E-state index is 0.109. The summed E-state index contributed by atoms with van der Waals surface area (Å²) in [6, 6.07) is 7.88. The molecule has 27 heavy (non-hydrogen) atoms. The fraction of sp³-hybridized carbons (Fsp3) is 0.450. The van der Waals surface area contributed by atoms with E-state index in [9.17, 15) is 0 Å². The number of nitrogens with one attached hydrogen (secondary N) is 1. The largest absolute Gasteiger partial charge is 0.291 e. The molecule has 0 fully saturated rings. The summed E-state index contributed by atoms with van der Waals surface area (Å²) in [7, 11) is 0. The molecule has 0 aliphatic carbocycles. The van der Waals surface area contributed by atoms with Crippen molar-refractivity contribution in [3.05, 3.63) is 58.4 Å². The van der Waals surface area contributed by atoms with Crippen molar-refractivity contribution in [2.75, 3.05) is 6.54 Å². The first kappa shape index (κ1) is 18.2. The lowest BCUT2D eigenvalue weighted by molar-refractivity contribution is 0.169. The molecule has 3 aromatic rings. The van der Waals surface area contributed by atoms with Gasteiger partial charge in [0.2, 0.25) is 0 Å². The molecule has 1 aromatic carbocycles. The van der Waals surface area contributed by atoms with Gasteiger partial charge in [0.05, 0.1) is 23.5 Å². The summed E-state index contributed by atoms with van der Waals surface area (Å²) in [6.07, 6.45) is 3.77. The average molecular weight is 385 g/mol. The molecule has 0 unspecified atom stereocenters. The molecule has 0 amide bonds. The lowest BCUT2D eigenvalue weighted by Gasteiger charge is -2.29. The van der Waals surface area contributed by atoms with E-state index in [0.717, 1.165) is 54.8 Å². The van der Waals surface area contributed by atoms with Crippen molar-refractivity contribution in [1.82, 2.24) is 29.9 Å². The van der Waals surface area contributed by atoms with Gasteiger partial charge < -0.3 is 0 Å². The van der Waals surface area contributed by atoms with E-state index in [0.29, 0.717) is 0 Å². The van der Waals surface area contributed by atoms with Crippen molar-refractivity contribution in [1.29, 1.82) is 0 Å². The van der Waals surface area contributed by atoms with Crippen LogP contribution in [0.25, 0.3) is 5.69 Å². The van der Waals surface area contributed by atoms with Crippen molar-refractivity contribution in [3.63, 3.8) is 0 Å². The van der Waals surface area contributed by atoms with E-state index >= 15 is 0 Å². The highest BCUT2D eigenvalue weighted by atomic mass is 35.5. The van der Waals surface area contributed by atoms with Gasteiger partial charge in [0.1, 0.15) is 11.6 Å². The molecule has 0 saturated carbocycles. The number of benzene rings is 1. The Morgan fingerprint density at radius 1 is 1.26 bits per heavy atom. The first-order valence-electron chi connectivity index (χ1n) is 9.38. The van der Waals surface area contributed by atoms with Crippen molar-refractivity contribution in [2.24, 2.45) is 5.41 Å². The maximum Gasteiger partial charge on any atom is 0.150 e. The Hall–Kier alpha value is -2.18. The molecule has 1 aliphatic rings. The van der Waals surface area contributed by atoms with Gasteiger partial charge in [-0.1, -0.05) is 44.5 Å². The Kier molecular flexibility index (Phi) is 4.78. The van der Waals surface area contributed by atoms with Crippen LogP contribution in [0.5, 0.6) is 0 Å². The number of aromatic nitrogens is 5. The predicted molar refractivity (Wildman–Crippen MR) is 106 cm³/mol. The Balaban J connectivity index is 1.65. The van der Waals surface area contributed by atoms with Crippen LogP contribution in [0.1, 0.15) is 43.7 Å². The Morgan fingerprint density at radius 2 is 2.07 bits per heavy atom. The van der Waals surface area contributed by atoms with Crippen LogP contribution in [-0.4, -0.2) is 36.4 Å². The SMILES string of the molecule is CCc1n[nH]c(CN2Cc3cnn(-c4ccccc4Cl)c3CC(C)(C)C2)n1. The molecule has 1 N–H and O–H groups in total. The summed E-state index contributed by atoms with van der Waals surface area (Å²) >= 11 is 6.43. The van der Waals surface area contributed by atoms with Crippen LogP contribution in [0.4, 0.5) is 0 Å². The maximum atomic E-state index is 6.43. The second kappa shape index (κ2) is 7.09. The molecule has 7 heteroatoms. The third-order valence-electron chi connectivity index (χ3n) is 5.00. The lowest BCUT2D eigenvalue weighted by atomic mass is 9.87.